The van der Waals surface area contributed by atoms with Crippen molar-refractivity contribution in [3.8, 4) is 0 Å². The van der Waals surface area contributed by atoms with E-state index in [0.29, 0.717) is 0 Å². The van der Waals surface area contributed by atoms with Gasteiger partial charge < -0.3 is 0 Å². The molecule has 0 amide bonds. The molecule has 4 heteroatoms. The predicted molar refractivity (Wildman–Crippen MR) is 12.8 cm³/mol. The van der Waals surface area contributed by atoms with E-state index in [4.69, 9.17) is 0 Å². The zero-order chi connectivity index (χ0) is 4.28. The van der Waals surface area contributed by atoms with Crippen LogP contribution in [0, 0.1) is 0 Å². The minimum absolute atomic E-state index is 1.14. The van der Waals surface area contributed by atoms with Crippen molar-refractivity contribution in [2.24, 2.45) is 0 Å². The summed E-state index contributed by atoms with van der Waals surface area (Å²) in [6.45, 7) is 0. The van der Waals surface area contributed by atoms with Crippen molar-refractivity contribution in [1.29, 1.82) is 0 Å². The van der Waals surface area contributed by atoms with E-state index in [1.54, 1.807) is 0 Å². The number of hydrogen-bond acceptors (Lipinski definition) is 3. The van der Waals surface area contributed by atoms with E-state index in [9.17, 15) is 8.19 Å². The van der Waals surface area contributed by atoms with E-state index in [2.05, 4.69) is 3.73 Å². The quantitative estimate of drug-likeness (QED) is 0.371. The Morgan fingerprint density at radius 3 is 1.80 bits per heavy atom. The third-order valence-corrected chi connectivity index (χ3v) is 0.775. The van der Waals surface area contributed by atoms with E-state index >= 15 is 0 Å². The Balaban J connectivity index is 2.54. The molecule has 0 rings (SSSR count). The molecule has 0 aromatic heterocycles. The second kappa shape index (κ2) is 2.66. The van der Waals surface area contributed by atoms with Crippen molar-refractivity contribution in [3.63, 3.8) is 0 Å². The second-order valence-electron chi connectivity index (χ2n) is 0.406. The molecular weight excluding hydrogens is 135 g/mol. The van der Waals surface area contributed by atoms with Crippen LogP contribution in [-0.2, 0) is 3.73 Å². The molecule has 3 nitrogen and oxygen atoms in total. The Morgan fingerprint density at radius 1 is 1.60 bits per heavy atom. The SMILES string of the molecule is CO[As]([O-])[O-]. The zero-order valence-corrected chi connectivity index (χ0v) is 4.55. The van der Waals surface area contributed by atoms with E-state index in [1.165, 1.54) is 0 Å². The first kappa shape index (κ1) is 5.44. The standard InChI is InChI=1S/CH3AsO3/c1-5-2(3)4/h1H3/q-2. The molecule has 0 unspecified atom stereocenters. The van der Waals surface area contributed by atoms with Crippen LogP contribution < -0.4 is 8.19 Å². The van der Waals surface area contributed by atoms with Crippen LogP contribution in [0.5, 0.6) is 0 Å². The maximum absolute atomic E-state index is 9.26. The van der Waals surface area contributed by atoms with Gasteiger partial charge in [0.15, 0.2) is 0 Å². The van der Waals surface area contributed by atoms with Gasteiger partial charge >= 0.3 is 34.7 Å². The first-order valence-corrected chi connectivity index (χ1v) is 3.25. The summed E-state index contributed by atoms with van der Waals surface area (Å²) in [5, 5.41) is 0. The first-order chi connectivity index (χ1) is 2.27. The molecule has 0 N–H and O–H groups in total. The molecule has 0 saturated heterocycles. The molecule has 0 saturated carbocycles. The fourth-order valence-electron chi connectivity index (χ4n) is 0. The average molecular weight is 138 g/mol. The first-order valence-electron chi connectivity index (χ1n) is 0.956. The van der Waals surface area contributed by atoms with E-state index in [1.807, 2.05) is 0 Å². The minimum atomic E-state index is -3.20. The molecule has 0 aromatic carbocycles. The Morgan fingerprint density at radius 2 is 1.80 bits per heavy atom. The number of hydrogen-bond donors (Lipinski definition) is 0. The van der Waals surface area contributed by atoms with Gasteiger partial charge in [-0.05, 0) is 0 Å². The Labute approximate surface area is 35.5 Å². The van der Waals surface area contributed by atoms with Crippen LogP contribution in [0.2, 0.25) is 0 Å². The summed E-state index contributed by atoms with van der Waals surface area (Å²) < 4.78 is 22.3. The molecule has 0 aliphatic rings. The van der Waals surface area contributed by atoms with Gasteiger partial charge in [0, 0.05) is 0 Å². The van der Waals surface area contributed by atoms with Crippen molar-refractivity contribution in [3.05, 3.63) is 0 Å². The molecule has 0 heterocycles. The molecule has 0 aliphatic heterocycles. The Bertz CT molecular complexity index is 20.9. The molecule has 0 aliphatic carbocycles. The summed E-state index contributed by atoms with van der Waals surface area (Å²) in [7, 11) is 1.14. The molecule has 0 bridgehead atoms. The van der Waals surface area contributed by atoms with E-state index < -0.39 is 15.7 Å². The normalized spacial score (nSPS) is 9.60. The third-order valence-electron chi connectivity index (χ3n) is 0.149. The van der Waals surface area contributed by atoms with E-state index in [-0.39, 0.29) is 0 Å². The molecule has 0 aromatic rings. The fraction of sp³-hybridized carbons (Fsp3) is 1.00. The molecule has 0 atom stereocenters. The zero-order valence-electron chi connectivity index (χ0n) is 2.67. The van der Waals surface area contributed by atoms with Crippen LogP contribution in [0.25, 0.3) is 0 Å². The van der Waals surface area contributed by atoms with Gasteiger partial charge in [0.2, 0.25) is 0 Å². The van der Waals surface area contributed by atoms with Gasteiger partial charge in [-0.3, -0.25) is 0 Å². The summed E-state index contributed by atoms with van der Waals surface area (Å²) in [5.41, 5.74) is 0. The van der Waals surface area contributed by atoms with Gasteiger partial charge in [-0.15, -0.1) is 0 Å². The predicted octanol–water partition coefficient (Wildman–Crippen LogP) is -2.66. The van der Waals surface area contributed by atoms with Crippen LogP contribution in [0.4, 0.5) is 0 Å². The third kappa shape index (κ3) is 4.44. The molecule has 0 spiro atoms. The van der Waals surface area contributed by atoms with Crippen molar-refractivity contribution < 1.29 is 11.9 Å². The van der Waals surface area contributed by atoms with Crippen molar-refractivity contribution in [2.45, 2.75) is 0 Å². The van der Waals surface area contributed by atoms with Gasteiger partial charge in [-0.1, -0.05) is 0 Å². The van der Waals surface area contributed by atoms with Gasteiger partial charge in [-0.2, -0.15) is 0 Å². The van der Waals surface area contributed by atoms with Crippen LogP contribution in [0.1, 0.15) is 0 Å². The molecule has 32 valence electrons. The molecule has 5 heavy (non-hydrogen) atoms. The van der Waals surface area contributed by atoms with Crippen LogP contribution >= 0.6 is 0 Å². The Kier molecular flexibility index (Phi) is 2.90. The average Bonchev–Trinajstić information content (AvgIpc) is 1.38. The van der Waals surface area contributed by atoms with Gasteiger partial charge in [-0.25, -0.2) is 0 Å². The van der Waals surface area contributed by atoms with Crippen LogP contribution in [0.3, 0.4) is 0 Å². The summed E-state index contributed by atoms with van der Waals surface area (Å²) in [6, 6.07) is 0. The van der Waals surface area contributed by atoms with Crippen LogP contribution in [-0.4, -0.2) is 22.8 Å². The van der Waals surface area contributed by atoms with Crippen molar-refractivity contribution >= 4 is 15.7 Å². The monoisotopic (exact) mass is 138 g/mol. The summed E-state index contributed by atoms with van der Waals surface area (Å²) in [4.78, 5) is 0. The second-order valence-corrected chi connectivity index (χ2v) is 2.11. The van der Waals surface area contributed by atoms with Crippen LogP contribution in [0.15, 0.2) is 0 Å². The number of rotatable bonds is 1. The molecule has 0 fully saturated rings. The summed E-state index contributed by atoms with van der Waals surface area (Å²) in [5.74, 6) is 0. The Hall–Kier alpha value is 0.438. The van der Waals surface area contributed by atoms with Crippen molar-refractivity contribution in [1.82, 2.24) is 0 Å². The molecule has 0 radical (unpaired) electrons. The van der Waals surface area contributed by atoms with E-state index in [0.717, 1.165) is 7.11 Å². The fourth-order valence-corrected chi connectivity index (χ4v) is 0. The molecular formula is CH3AsO3-2. The van der Waals surface area contributed by atoms with Gasteiger partial charge in [0.05, 0.1) is 0 Å². The van der Waals surface area contributed by atoms with Crippen molar-refractivity contribution in [2.75, 3.05) is 7.11 Å². The summed E-state index contributed by atoms with van der Waals surface area (Å²) >= 11 is -3.20. The summed E-state index contributed by atoms with van der Waals surface area (Å²) in [6.07, 6.45) is 0. The van der Waals surface area contributed by atoms with Gasteiger partial charge in [0.25, 0.3) is 0 Å². The topological polar surface area (TPSA) is 55.3 Å². The van der Waals surface area contributed by atoms with Gasteiger partial charge in [0.1, 0.15) is 0 Å². The maximum atomic E-state index is 9.26.